The highest BCUT2D eigenvalue weighted by Gasteiger charge is 2.59. The third kappa shape index (κ3) is 11.8. The van der Waals surface area contributed by atoms with Crippen LogP contribution in [-0.2, 0) is 17.2 Å². The van der Waals surface area contributed by atoms with Gasteiger partial charge in [-0.3, -0.25) is 0 Å². The molecule has 7 heteroatoms. The van der Waals surface area contributed by atoms with Crippen molar-refractivity contribution in [2.75, 3.05) is 0 Å². The maximum Gasteiger partial charge on any atom is 0.497 e. The molecule has 2 rings (SSSR count). The van der Waals surface area contributed by atoms with E-state index in [1.807, 2.05) is 24.3 Å². The van der Waals surface area contributed by atoms with Crippen LogP contribution in [0.15, 0.2) is 48.5 Å². The second kappa shape index (κ2) is 17.6. The number of aryl methyl sites for hydroxylation is 2. The molecule has 4 N–H and O–H groups in total. The normalized spacial score (nSPS) is 12.3. The molecule has 0 saturated heterocycles. The molecule has 0 aliphatic carbocycles. The fourth-order valence-corrected chi connectivity index (χ4v) is 8.46. The van der Waals surface area contributed by atoms with Crippen LogP contribution in [-0.4, -0.2) is 19.6 Å². The van der Waals surface area contributed by atoms with Crippen LogP contribution in [0.2, 0.25) is 0 Å². The van der Waals surface area contributed by atoms with E-state index < -0.39 is 15.9 Å². The molecule has 0 spiro atoms. The number of hydrogen-bond acceptors (Lipinski definition) is 5. The Labute approximate surface area is 226 Å². The Morgan fingerprint density at radius 2 is 0.811 bits per heavy atom. The van der Waals surface area contributed by atoms with Crippen LogP contribution in [0.3, 0.4) is 0 Å². The zero-order valence-corrected chi connectivity index (χ0v) is 24.8. The molecule has 0 aliphatic heterocycles. The Morgan fingerprint density at radius 1 is 0.486 bits per heavy atom. The minimum Gasteiger partial charge on any atom is -0.185 e. The molecule has 0 amide bonds. The lowest BCUT2D eigenvalue weighted by Gasteiger charge is -2.17. The summed E-state index contributed by atoms with van der Waals surface area (Å²) in [6, 6.07) is 14.2. The summed E-state index contributed by atoms with van der Waals surface area (Å²) >= 11 is 0. The van der Waals surface area contributed by atoms with Crippen LogP contribution in [0.4, 0.5) is 0 Å². The summed E-state index contributed by atoms with van der Waals surface area (Å²) in [5.74, 6) is 0. The van der Waals surface area contributed by atoms with E-state index in [0.717, 1.165) is 36.8 Å². The van der Waals surface area contributed by atoms with Gasteiger partial charge in [-0.25, -0.2) is 0 Å². The molecule has 0 saturated carbocycles. The maximum atomic E-state index is 11.0. The minimum absolute atomic E-state index is 0.276. The summed E-state index contributed by atoms with van der Waals surface area (Å²) < 4.78 is 5.47. The molecule has 0 unspecified atom stereocenters. The lowest BCUT2D eigenvalue weighted by atomic mass is 10.0. The summed E-state index contributed by atoms with van der Waals surface area (Å²) in [4.78, 5) is 44.1. The van der Waals surface area contributed by atoms with Gasteiger partial charge in [0.2, 0.25) is 0 Å². The van der Waals surface area contributed by atoms with E-state index in [4.69, 9.17) is 4.31 Å². The molecule has 0 bridgehead atoms. The van der Waals surface area contributed by atoms with Gasteiger partial charge < -0.3 is 0 Å². The molecule has 2 aromatic carbocycles. The van der Waals surface area contributed by atoms with Gasteiger partial charge in [0.15, 0.2) is 10.6 Å². The van der Waals surface area contributed by atoms with Crippen molar-refractivity contribution in [3.63, 3.8) is 0 Å². The summed E-state index contributed by atoms with van der Waals surface area (Å²) in [5, 5.41) is 0.552. The molecule has 208 valence electrons. The average Bonchev–Trinajstić information content (AvgIpc) is 2.87. The third-order valence-corrected chi connectivity index (χ3v) is 10.9. The second-order valence-electron chi connectivity index (χ2n) is 10.2. The average molecular weight is 553 g/mol. The van der Waals surface area contributed by atoms with Crippen LogP contribution >= 0.6 is 15.9 Å². The van der Waals surface area contributed by atoms with E-state index in [1.165, 1.54) is 64.2 Å². The van der Waals surface area contributed by atoms with Gasteiger partial charge in [-0.05, 0) is 37.8 Å². The molecule has 0 radical (unpaired) electrons. The van der Waals surface area contributed by atoms with Crippen LogP contribution in [0.1, 0.15) is 115 Å². The molecule has 0 heterocycles. The number of rotatable bonds is 20. The summed E-state index contributed by atoms with van der Waals surface area (Å²) in [5.41, 5.74) is 1.59. The van der Waals surface area contributed by atoms with Gasteiger partial charge in [0.1, 0.15) is 0 Å². The largest absolute Gasteiger partial charge is 0.497 e. The van der Waals surface area contributed by atoms with Gasteiger partial charge in [-0.15, -0.1) is 0 Å². The first-order valence-electron chi connectivity index (χ1n) is 14.4. The number of benzene rings is 2. The SMILES string of the molecule is CCCCCCCCCc1ccccc1[P+](O)(O)O[P+](O)(O)c1ccccc1CCCCCCCCC. The van der Waals surface area contributed by atoms with E-state index in [-0.39, 0.29) is 10.6 Å². The lowest BCUT2D eigenvalue weighted by Crippen LogP contribution is -2.23. The van der Waals surface area contributed by atoms with E-state index in [0.29, 0.717) is 12.8 Å². The third-order valence-electron chi connectivity index (χ3n) is 6.94. The molecule has 2 aromatic rings. The van der Waals surface area contributed by atoms with Crippen molar-refractivity contribution < 1.29 is 23.9 Å². The predicted octanol–water partition coefficient (Wildman–Crippen LogP) is 7.73. The number of unbranched alkanes of at least 4 members (excludes halogenated alkanes) is 12. The van der Waals surface area contributed by atoms with Crippen molar-refractivity contribution in [1.29, 1.82) is 0 Å². The van der Waals surface area contributed by atoms with Gasteiger partial charge >= 0.3 is 15.9 Å². The van der Waals surface area contributed by atoms with Crippen molar-refractivity contribution in [2.45, 2.75) is 117 Å². The Morgan fingerprint density at radius 3 is 1.19 bits per heavy atom. The van der Waals surface area contributed by atoms with Crippen LogP contribution in [0.25, 0.3) is 0 Å². The van der Waals surface area contributed by atoms with E-state index in [2.05, 4.69) is 13.8 Å². The highest BCUT2D eigenvalue weighted by Crippen LogP contribution is 2.67. The molecule has 0 fully saturated rings. The minimum atomic E-state index is -4.21. The first kappa shape index (κ1) is 32.3. The smallest absolute Gasteiger partial charge is 0.185 e. The highest BCUT2D eigenvalue weighted by atomic mass is 31.3. The van der Waals surface area contributed by atoms with Crippen molar-refractivity contribution in [3.8, 4) is 0 Å². The van der Waals surface area contributed by atoms with E-state index in [1.54, 1.807) is 24.3 Å². The van der Waals surface area contributed by atoms with Crippen LogP contribution in [0.5, 0.6) is 0 Å². The van der Waals surface area contributed by atoms with Crippen LogP contribution < -0.4 is 10.6 Å². The first-order valence-corrected chi connectivity index (χ1v) is 17.6. The lowest BCUT2D eigenvalue weighted by molar-refractivity contribution is 0.298. The topological polar surface area (TPSA) is 90.2 Å². The zero-order valence-electron chi connectivity index (χ0n) is 23.0. The molecule has 5 nitrogen and oxygen atoms in total. The second-order valence-corrected chi connectivity index (χ2v) is 14.0. The standard InChI is InChI=1S/C30H50O5P2/c1-3-5-7-9-11-13-15-21-27-23-17-19-25-29(27)36(31,32)35-37(33,34)30-26-20-18-24-28(30)22-16-14-12-10-8-6-4-2/h17-20,23-26,31-34H,3-16,21-22H2,1-2H3/q+2. The summed E-state index contributed by atoms with van der Waals surface area (Å²) in [6.45, 7) is 4.42. The maximum absolute atomic E-state index is 11.0. The fourth-order valence-electron chi connectivity index (χ4n) is 4.80. The molecule has 0 atom stereocenters. The van der Waals surface area contributed by atoms with Crippen LogP contribution in [0, 0.1) is 0 Å². The number of hydrogen-bond donors (Lipinski definition) is 4. The zero-order chi connectivity index (χ0) is 27.0. The predicted molar refractivity (Wildman–Crippen MR) is 159 cm³/mol. The van der Waals surface area contributed by atoms with Crippen molar-refractivity contribution >= 4 is 26.5 Å². The van der Waals surface area contributed by atoms with Gasteiger partial charge in [0.25, 0.3) is 0 Å². The molecule has 0 aromatic heterocycles. The first-order chi connectivity index (χ1) is 17.8. The summed E-state index contributed by atoms with van der Waals surface area (Å²) in [6.07, 6.45) is 17.8. The monoisotopic (exact) mass is 552 g/mol. The van der Waals surface area contributed by atoms with E-state index in [9.17, 15) is 19.6 Å². The Balaban J connectivity index is 2.01. The molecular formula is C30H50O5P2+2. The highest BCUT2D eigenvalue weighted by molar-refractivity contribution is 7.80. The Hall–Kier alpha value is -0.900. The van der Waals surface area contributed by atoms with Gasteiger partial charge in [0, 0.05) is 15.4 Å². The van der Waals surface area contributed by atoms with Gasteiger partial charge in [0.05, 0.1) is 0 Å². The Bertz CT molecular complexity index is 816. The van der Waals surface area contributed by atoms with Gasteiger partial charge in [-0.1, -0.05) is 127 Å². The fraction of sp³-hybridized carbons (Fsp3) is 0.600. The molecular weight excluding hydrogens is 502 g/mol. The molecule has 37 heavy (non-hydrogen) atoms. The summed E-state index contributed by atoms with van der Waals surface area (Å²) in [7, 11) is -8.42. The molecule has 0 aliphatic rings. The van der Waals surface area contributed by atoms with E-state index >= 15 is 0 Å². The van der Waals surface area contributed by atoms with Crippen molar-refractivity contribution in [2.24, 2.45) is 0 Å². The quantitative estimate of drug-likeness (QED) is 0.0997. The Kier molecular flexibility index (Phi) is 15.4. The van der Waals surface area contributed by atoms with Crippen molar-refractivity contribution in [1.82, 2.24) is 0 Å². The van der Waals surface area contributed by atoms with Gasteiger partial charge in [-0.2, -0.15) is 19.6 Å². The van der Waals surface area contributed by atoms with Crippen molar-refractivity contribution in [3.05, 3.63) is 59.7 Å².